The van der Waals surface area contributed by atoms with E-state index >= 15 is 0 Å². The van der Waals surface area contributed by atoms with E-state index in [1.807, 2.05) is 0 Å². The Morgan fingerprint density at radius 3 is 2.78 bits per heavy atom. The topological polar surface area (TPSA) is 53.8 Å². The molecule has 1 unspecified atom stereocenters. The van der Waals surface area contributed by atoms with Gasteiger partial charge in [-0.05, 0) is 42.9 Å². The van der Waals surface area contributed by atoms with Crippen LogP contribution in [0.25, 0.3) is 0 Å². The largest absolute Gasteiger partial charge is 0.489 e. The predicted molar refractivity (Wildman–Crippen MR) is 78.9 cm³/mol. The maximum absolute atomic E-state index is 12.5. The summed E-state index contributed by atoms with van der Waals surface area (Å²) in [4.78, 5) is 5.44. The number of halogens is 2. The van der Waals surface area contributed by atoms with Crippen molar-refractivity contribution < 1.29 is 28.0 Å². The molecule has 7 heteroatoms. The van der Waals surface area contributed by atoms with Crippen LogP contribution in [0.3, 0.4) is 0 Å². The first-order valence-electron chi connectivity index (χ1n) is 7.69. The van der Waals surface area contributed by atoms with Crippen molar-refractivity contribution in [3.05, 3.63) is 29.0 Å². The van der Waals surface area contributed by atoms with Crippen LogP contribution in [0.2, 0.25) is 0 Å². The summed E-state index contributed by atoms with van der Waals surface area (Å²) in [6.45, 7) is -0.394. The Kier molecular flexibility index (Phi) is 4.54. The predicted octanol–water partition coefficient (Wildman–Crippen LogP) is 3.47. The van der Waals surface area contributed by atoms with E-state index in [2.05, 4.69) is 4.74 Å². The van der Waals surface area contributed by atoms with Crippen molar-refractivity contribution in [2.24, 2.45) is 5.92 Å². The van der Waals surface area contributed by atoms with E-state index in [9.17, 15) is 14.0 Å². The summed E-state index contributed by atoms with van der Waals surface area (Å²) >= 11 is 0. The van der Waals surface area contributed by atoms with Crippen LogP contribution in [0.1, 0.15) is 37.7 Å². The van der Waals surface area contributed by atoms with Gasteiger partial charge < -0.3 is 14.3 Å². The third-order valence-electron chi connectivity index (χ3n) is 4.17. The van der Waals surface area contributed by atoms with Crippen molar-refractivity contribution in [3.63, 3.8) is 0 Å². The van der Waals surface area contributed by atoms with Gasteiger partial charge in [0, 0.05) is 11.8 Å². The number of hydrogen-bond acceptors (Lipinski definition) is 4. The molecule has 0 radical (unpaired) electrons. The monoisotopic (exact) mass is 327 g/mol. The van der Waals surface area contributed by atoms with E-state index in [0.717, 1.165) is 18.4 Å². The third kappa shape index (κ3) is 3.83. The summed E-state index contributed by atoms with van der Waals surface area (Å²) in [7, 11) is 0. The fourth-order valence-corrected chi connectivity index (χ4v) is 2.64. The van der Waals surface area contributed by atoms with Crippen molar-refractivity contribution in [3.8, 4) is 11.5 Å². The van der Waals surface area contributed by atoms with Gasteiger partial charge in [0.2, 0.25) is 5.71 Å². The molecule has 0 spiro atoms. The second kappa shape index (κ2) is 6.60. The highest BCUT2D eigenvalue weighted by atomic mass is 19.3. The van der Waals surface area contributed by atoms with Gasteiger partial charge in [-0.25, -0.2) is 0 Å². The zero-order valence-corrected chi connectivity index (χ0v) is 12.8. The van der Waals surface area contributed by atoms with Gasteiger partial charge in [0.1, 0.15) is 0 Å². The Morgan fingerprint density at radius 1 is 1.30 bits per heavy atom. The number of rotatable bonds is 6. The number of benzene rings is 1. The maximum Gasteiger partial charge on any atom is 0.387 e. The Balaban J connectivity index is 1.85. The van der Waals surface area contributed by atoms with E-state index in [0.29, 0.717) is 41.9 Å². The van der Waals surface area contributed by atoms with Crippen molar-refractivity contribution in [1.29, 1.82) is 0 Å². The van der Waals surface area contributed by atoms with Gasteiger partial charge in [0.05, 0.1) is 19.1 Å². The molecule has 1 heterocycles. The first-order valence-corrected chi connectivity index (χ1v) is 7.69. The summed E-state index contributed by atoms with van der Waals surface area (Å²) in [6, 6.07) is 4.85. The normalized spacial score (nSPS) is 21.3. The van der Waals surface area contributed by atoms with Gasteiger partial charge in [0.25, 0.3) is 0 Å². The van der Waals surface area contributed by atoms with Crippen LogP contribution >= 0.6 is 0 Å². The third-order valence-corrected chi connectivity index (χ3v) is 4.17. The van der Waals surface area contributed by atoms with Crippen LogP contribution < -0.4 is 9.47 Å². The summed E-state index contributed by atoms with van der Waals surface area (Å²) in [5.41, 5.74) is 1.37. The Hall–Kier alpha value is -2.05. The lowest BCUT2D eigenvalue weighted by atomic mass is 9.91. The molecule has 0 saturated heterocycles. The van der Waals surface area contributed by atoms with Crippen LogP contribution in [0, 0.1) is 11.1 Å². The molecule has 1 fully saturated rings. The average molecular weight is 327 g/mol. The standard InChI is InChI=1S/C16H19F2NO4/c1-10-13(6-7-22-19(10)20)12-4-5-14(23-16(17)18)15(8-12)21-9-11-2-3-11/h4-5,8,11,13,16H,2-3,6-7,9H2,1H3. The molecule has 1 saturated carbocycles. The molecule has 1 aromatic carbocycles. The summed E-state index contributed by atoms with van der Waals surface area (Å²) in [5.74, 6) is 0.691. The minimum atomic E-state index is -2.90. The van der Waals surface area contributed by atoms with Gasteiger partial charge in [-0.2, -0.15) is 8.78 Å². The molecule has 0 aromatic heterocycles. The van der Waals surface area contributed by atoms with Crippen LogP contribution in [0.4, 0.5) is 8.78 Å². The number of ether oxygens (including phenoxy) is 2. The fourth-order valence-electron chi connectivity index (χ4n) is 2.64. The molecular formula is C16H19F2NO4. The van der Waals surface area contributed by atoms with Crippen molar-refractivity contribution in [2.45, 2.75) is 38.7 Å². The van der Waals surface area contributed by atoms with Crippen molar-refractivity contribution in [2.75, 3.05) is 13.2 Å². The first-order chi connectivity index (χ1) is 11.0. The summed E-state index contributed by atoms with van der Waals surface area (Å²) < 4.78 is 35.3. The molecule has 0 bridgehead atoms. The number of alkyl halides is 2. The van der Waals surface area contributed by atoms with Crippen LogP contribution in [0.5, 0.6) is 11.5 Å². The number of nitrogens with zero attached hydrogens (tertiary/aromatic N) is 1. The second-order valence-corrected chi connectivity index (χ2v) is 5.91. The zero-order valence-electron chi connectivity index (χ0n) is 12.8. The minimum absolute atomic E-state index is 0.0214. The molecular weight excluding hydrogens is 308 g/mol. The summed E-state index contributed by atoms with van der Waals surface area (Å²) in [6.07, 6.45) is 2.85. The van der Waals surface area contributed by atoms with Gasteiger partial charge >= 0.3 is 6.61 Å². The Morgan fingerprint density at radius 2 is 2.09 bits per heavy atom. The Labute approximate surface area is 133 Å². The molecule has 0 N–H and O–H groups in total. The fraction of sp³-hybridized carbons (Fsp3) is 0.562. The lowest BCUT2D eigenvalue weighted by molar-refractivity contribution is -0.747. The maximum atomic E-state index is 12.5. The van der Waals surface area contributed by atoms with E-state index in [-0.39, 0.29) is 11.7 Å². The Bertz CT molecular complexity index is 602. The molecule has 126 valence electrons. The molecule has 1 aromatic rings. The van der Waals surface area contributed by atoms with Crippen LogP contribution in [-0.2, 0) is 4.84 Å². The van der Waals surface area contributed by atoms with Gasteiger partial charge in [0.15, 0.2) is 11.5 Å². The highest BCUT2D eigenvalue weighted by Crippen LogP contribution is 2.36. The quantitative estimate of drug-likeness (QED) is 0.751. The van der Waals surface area contributed by atoms with E-state index < -0.39 is 6.61 Å². The lowest BCUT2D eigenvalue weighted by Crippen LogP contribution is -2.28. The van der Waals surface area contributed by atoms with Gasteiger partial charge in [-0.1, -0.05) is 6.07 Å². The first kappa shape index (κ1) is 15.8. The SMILES string of the molecule is CC1=[N+]([O-])OCCC1c1ccc(OC(F)F)c(OCC2CC2)c1. The molecule has 2 aliphatic rings. The molecule has 1 aliphatic heterocycles. The number of hydrogen-bond donors (Lipinski definition) is 0. The minimum Gasteiger partial charge on any atom is -0.489 e. The zero-order chi connectivity index (χ0) is 16.4. The van der Waals surface area contributed by atoms with Crippen molar-refractivity contribution in [1.82, 2.24) is 0 Å². The molecule has 23 heavy (non-hydrogen) atoms. The molecule has 3 rings (SSSR count). The highest BCUT2D eigenvalue weighted by Gasteiger charge is 2.28. The molecule has 1 atom stereocenters. The van der Waals surface area contributed by atoms with Crippen LogP contribution in [-0.4, -0.2) is 30.4 Å². The van der Waals surface area contributed by atoms with Gasteiger partial charge in [-0.3, -0.25) is 5.21 Å². The van der Waals surface area contributed by atoms with E-state index in [1.165, 1.54) is 6.07 Å². The second-order valence-electron chi connectivity index (χ2n) is 5.91. The molecule has 5 nitrogen and oxygen atoms in total. The summed E-state index contributed by atoms with van der Waals surface area (Å²) in [5, 5.41) is 11.6. The lowest BCUT2D eigenvalue weighted by Gasteiger charge is -2.23. The van der Waals surface area contributed by atoms with Crippen LogP contribution in [0.15, 0.2) is 18.2 Å². The molecule has 1 aliphatic carbocycles. The van der Waals surface area contributed by atoms with E-state index in [4.69, 9.17) is 9.57 Å². The van der Waals surface area contributed by atoms with E-state index in [1.54, 1.807) is 19.1 Å². The molecule has 0 amide bonds. The van der Waals surface area contributed by atoms with Gasteiger partial charge in [-0.15, -0.1) is 0 Å². The average Bonchev–Trinajstić information content (AvgIpc) is 3.33. The van der Waals surface area contributed by atoms with Crippen molar-refractivity contribution >= 4 is 5.71 Å². The smallest absolute Gasteiger partial charge is 0.387 e. The highest BCUT2D eigenvalue weighted by molar-refractivity contribution is 5.84.